The van der Waals surface area contributed by atoms with Gasteiger partial charge in [-0.2, -0.15) is 0 Å². The van der Waals surface area contributed by atoms with Crippen LogP contribution in [0, 0.1) is 5.82 Å². The molecule has 40 heavy (non-hydrogen) atoms. The van der Waals surface area contributed by atoms with Crippen LogP contribution in [0.15, 0.2) is 103 Å². The number of imide groups is 2. The molecular formula is C31H22ClFN2O5. The number of carbonyl (C=O) groups is 3. The summed E-state index contributed by atoms with van der Waals surface area (Å²) in [5.41, 5.74) is 1.72. The summed E-state index contributed by atoms with van der Waals surface area (Å²) in [7, 11) is 0. The number of hydrogen-bond acceptors (Lipinski definition) is 5. The molecule has 4 amide bonds. The van der Waals surface area contributed by atoms with E-state index in [0.717, 1.165) is 10.5 Å². The summed E-state index contributed by atoms with van der Waals surface area (Å²) in [6.07, 6.45) is 1.37. The SMILES string of the molecule is O=C1NC(=O)N(c2ccc(OCc3ccccc3Cl)cc2)C(=O)/C1=C\c1cccc(OCc2ccccc2F)c1. The van der Waals surface area contributed by atoms with Gasteiger partial charge in [0, 0.05) is 16.1 Å². The number of ether oxygens (including phenoxy) is 2. The predicted octanol–water partition coefficient (Wildman–Crippen LogP) is 6.30. The first-order valence-corrected chi connectivity index (χ1v) is 12.6. The molecule has 7 nitrogen and oxygen atoms in total. The number of barbiturate groups is 1. The number of amides is 4. The molecule has 0 aromatic heterocycles. The fraction of sp³-hybridized carbons (Fsp3) is 0.0645. The van der Waals surface area contributed by atoms with Crippen molar-refractivity contribution in [3.8, 4) is 11.5 Å². The summed E-state index contributed by atoms with van der Waals surface area (Å²) in [6, 6.07) is 25.7. The average Bonchev–Trinajstić information content (AvgIpc) is 2.95. The van der Waals surface area contributed by atoms with E-state index >= 15 is 0 Å². The number of anilines is 1. The summed E-state index contributed by atoms with van der Waals surface area (Å²) in [5.74, 6) is -1.05. The van der Waals surface area contributed by atoms with Crippen LogP contribution >= 0.6 is 11.6 Å². The van der Waals surface area contributed by atoms with E-state index in [1.54, 1.807) is 72.8 Å². The van der Waals surface area contributed by atoms with E-state index in [4.69, 9.17) is 21.1 Å². The van der Waals surface area contributed by atoms with Crippen molar-refractivity contribution in [2.24, 2.45) is 0 Å². The minimum absolute atomic E-state index is 0.00644. The molecule has 1 aliphatic rings. The van der Waals surface area contributed by atoms with Crippen molar-refractivity contribution in [1.29, 1.82) is 0 Å². The molecule has 1 N–H and O–H groups in total. The molecule has 1 aliphatic heterocycles. The lowest BCUT2D eigenvalue weighted by molar-refractivity contribution is -0.122. The molecule has 1 heterocycles. The monoisotopic (exact) mass is 556 g/mol. The fourth-order valence-electron chi connectivity index (χ4n) is 4.00. The minimum atomic E-state index is -0.862. The van der Waals surface area contributed by atoms with Gasteiger partial charge in [0.05, 0.1) is 5.69 Å². The minimum Gasteiger partial charge on any atom is -0.489 e. The summed E-state index contributed by atoms with van der Waals surface area (Å²) in [6.45, 7) is 0.249. The molecular weight excluding hydrogens is 535 g/mol. The Labute approximate surface area is 234 Å². The molecule has 0 aliphatic carbocycles. The second-order valence-electron chi connectivity index (χ2n) is 8.78. The van der Waals surface area contributed by atoms with E-state index < -0.39 is 17.8 Å². The van der Waals surface area contributed by atoms with Crippen LogP contribution in [0.1, 0.15) is 16.7 Å². The van der Waals surface area contributed by atoms with E-state index in [0.29, 0.717) is 27.6 Å². The average molecular weight is 557 g/mol. The largest absolute Gasteiger partial charge is 0.489 e. The van der Waals surface area contributed by atoms with Crippen LogP contribution in [-0.2, 0) is 22.8 Å². The first kappa shape index (κ1) is 26.6. The van der Waals surface area contributed by atoms with Gasteiger partial charge in [-0.3, -0.25) is 14.9 Å². The molecule has 0 spiro atoms. The Kier molecular flexibility index (Phi) is 7.89. The van der Waals surface area contributed by atoms with Gasteiger partial charge in [0.1, 0.15) is 36.1 Å². The Morgan fingerprint density at radius 3 is 2.20 bits per heavy atom. The highest BCUT2D eigenvalue weighted by Crippen LogP contribution is 2.26. The van der Waals surface area contributed by atoms with Crippen LogP contribution in [-0.4, -0.2) is 17.8 Å². The van der Waals surface area contributed by atoms with Gasteiger partial charge < -0.3 is 9.47 Å². The Morgan fingerprint density at radius 2 is 1.45 bits per heavy atom. The lowest BCUT2D eigenvalue weighted by Gasteiger charge is -2.26. The summed E-state index contributed by atoms with van der Waals surface area (Å²) < 4.78 is 25.4. The van der Waals surface area contributed by atoms with Gasteiger partial charge in [-0.15, -0.1) is 0 Å². The molecule has 4 aromatic carbocycles. The highest BCUT2D eigenvalue weighted by Gasteiger charge is 2.36. The van der Waals surface area contributed by atoms with Crippen molar-refractivity contribution in [2.45, 2.75) is 13.2 Å². The van der Waals surface area contributed by atoms with Gasteiger partial charge in [0.2, 0.25) is 0 Å². The second-order valence-corrected chi connectivity index (χ2v) is 9.19. The summed E-state index contributed by atoms with van der Waals surface area (Å²) >= 11 is 6.17. The predicted molar refractivity (Wildman–Crippen MR) is 148 cm³/mol. The zero-order chi connectivity index (χ0) is 28.1. The van der Waals surface area contributed by atoms with Gasteiger partial charge in [0.15, 0.2) is 0 Å². The van der Waals surface area contributed by atoms with Crippen LogP contribution in [0.3, 0.4) is 0 Å². The number of urea groups is 1. The van der Waals surface area contributed by atoms with E-state index in [2.05, 4.69) is 5.32 Å². The lowest BCUT2D eigenvalue weighted by Crippen LogP contribution is -2.54. The van der Waals surface area contributed by atoms with Gasteiger partial charge >= 0.3 is 6.03 Å². The van der Waals surface area contributed by atoms with Gasteiger partial charge in [0.25, 0.3) is 11.8 Å². The molecule has 0 radical (unpaired) electrons. The first-order chi connectivity index (χ1) is 19.4. The lowest BCUT2D eigenvalue weighted by atomic mass is 10.1. The molecule has 0 bridgehead atoms. The molecule has 5 rings (SSSR count). The number of hydrogen-bond donors (Lipinski definition) is 1. The molecule has 200 valence electrons. The summed E-state index contributed by atoms with van der Waals surface area (Å²) in [5, 5.41) is 2.79. The van der Waals surface area contributed by atoms with Gasteiger partial charge in [-0.1, -0.05) is 60.1 Å². The molecule has 0 unspecified atom stereocenters. The maximum absolute atomic E-state index is 13.9. The number of carbonyl (C=O) groups excluding carboxylic acids is 3. The number of rotatable bonds is 8. The highest BCUT2D eigenvalue weighted by atomic mass is 35.5. The van der Waals surface area contributed by atoms with Crippen molar-refractivity contribution in [3.63, 3.8) is 0 Å². The van der Waals surface area contributed by atoms with E-state index in [-0.39, 0.29) is 30.3 Å². The Balaban J connectivity index is 1.31. The zero-order valence-electron chi connectivity index (χ0n) is 21.0. The smallest absolute Gasteiger partial charge is 0.335 e. The van der Waals surface area contributed by atoms with Crippen molar-refractivity contribution in [2.75, 3.05) is 4.90 Å². The van der Waals surface area contributed by atoms with Crippen molar-refractivity contribution in [3.05, 3.63) is 130 Å². The van der Waals surface area contributed by atoms with Crippen LogP contribution < -0.4 is 19.7 Å². The fourth-order valence-corrected chi connectivity index (χ4v) is 4.19. The Hall–Kier alpha value is -4.95. The van der Waals surface area contributed by atoms with Crippen LogP contribution in [0.5, 0.6) is 11.5 Å². The molecule has 0 saturated carbocycles. The Bertz CT molecular complexity index is 1620. The van der Waals surface area contributed by atoms with Crippen LogP contribution in [0.25, 0.3) is 6.08 Å². The topological polar surface area (TPSA) is 84.9 Å². The third-order valence-corrected chi connectivity index (χ3v) is 6.44. The third-order valence-electron chi connectivity index (χ3n) is 6.07. The van der Waals surface area contributed by atoms with Gasteiger partial charge in [-0.25, -0.2) is 14.1 Å². The number of nitrogens with one attached hydrogen (secondary N) is 1. The van der Waals surface area contributed by atoms with E-state index in [1.807, 2.05) is 18.2 Å². The Morgan fingerprint density at radius 1 is 0.775 bits per heavy atom. The van der Waals surface area contributed by atoms with Crippen molar-refractivity contribution in [1.82, 2.24) is 5.32 Å². The van der Waals surface area contributed by atoms with Crippen molar-refractivity contribution < 1.29 is 28.2 Å². The van der Waals surface area contributed by atoms with E-state index in [1.165, 1.54) is 12.1 Å². The second kappa shape index (κ2) is 11.8. The number of nitrogens with zero attached hydrogens (tertiary/aromatic N) is 1. The van der Waals surface area contributed by atoms with Gasteiger partial charge in [-0.05, 0) is 60.2 Å². The standard InChI is InChI=1S/C31H22ClFN2O5/c32-27-10-3-1-7-21(27)18-39-24-14-12-23(13-15-24)35-30(37)26(29(36)34-31(35)38)17-20-6-5-9-25(16-20)40-19-22-8-2-4-11-28(22)33/h1-17H,18-19H2,(H,34,36,38)/b26-17-. The van der Waals surface area contributed by atoms with Crippen LogP contribution in [0.4, 0.5) is 14.9 Å². The molecule has 4 aromatic rings. The number of benzene rings is 4. The first-order valence-electron chi connectivity index (χ1n) is 12.2. The molecule has 1 fully saturated rings. The quantitative estimate of drug-likeness (QED) is 0.203. The van der Waals surface area contributed by atoms with Crippen LogP contribution in [0.2, 0.25) is 5.02 Å². The highest BCUT2D eigenvalue weighted by molar-refractivity contribution is 6.39. The van der Waals surface area contributed by atoms with Crippen molar-refractivity contribution >= 4 is 41.2 Å². The molecule has 1 saturated heterocycles. The third kappa shape index (κ3) is 6.03. The summed E-state index contributed by atoms with van der Waals surface area (Å²) in [4.78, 5) is 39.3. The zero-order valence-corrected chi connectivity index (χ0v) is 21.7. The van der Waals surface area contributed by atoms with E-state index in [9.17, 15) is 18.8 Å². The molecule has 9 heteroatoms. The maximum atomic E-state index is 13.9. The maximum Gasteiger partial charge on any atom is 0.335 e. The normalized spacial score (nSPS) is 14.3. The number of halogens is 2. The molecule has 0 atom stereocenters.